The van der Waals surface area contributed by atoms with E-state index in [0.29, 0.717) is 5.56 Å². The molecule has 0 spiro atoms. The number of nitrogens with zero attached hydrogens (tertiary/aromatic N) is 1. The first-order valence-electron chi connectivity index (χ1n) is 10.3. The second-order valence-corrected chi connectivity index (χ2v) is 7.84. The highest BCUT2D eigenvalue weighted by atomic mass is 32.2. The minimum atomic E-state index is 0.203. The molecule has 0 radical (unpaired) electrons. The van der Waals surface area contributed by atoms with Crippen LogP contribution < -0.4 is 10.6 Å². The van der Waals surface area contributed by atoms with Crippen LogP contribution in [0, 0.1) is 11.3 Å². The molecule has 1 fully saturated rings. The Labute approximate surface area is 178 Å². The summed E-state index contributed by atoms with van der Waals surface area (Å²) in [5, 5.41) is 16.0. The molecular formula is C24H29N3OS. The molecular weight excluding hydrogens is 378 g/mol. The van der Waals surface area contributed by atoms with Crippen LogP contribution in [0.4, 0.5) is 0 Å². The maximum absolute atomic E-state index is 9.10. The minimum Gasteiger partial charge on any atom is -0.378 e. The van der Waals surface area contributed by atoms with Crippen LogP contribution >= 0.6 is 11.8 Å². The van der Waals surface area contributed by atoms with Gasteiger partial charge >= 0.3 is 0 Å². The highest BCUT2D eigenvalue weighted by molar-refractivity contribution is 8.08. The van der Waals surface area contributed by atoms with Gasteiger partial charge in [-0.3, -0.25) is 0 Å². The van der Waals surface area contributed by atoms with Gasteiger partial charge < -0.3 is 15.4 Å². The van der Waals surface area contributed by atoms with E-state index < -0.39 is 0 Å². The Morgan fingerprint density at radius 2 is 1.97 bits per heavy atom. The van der Waals surface area contributed by atoms with Crippen LogP contribution in [0.25, 0.3) is 16.0 Å². The zero-order valence-electron chi connectivity index (χ0n) is 17.4. The molecule has 4 nitrogen and oxygen atoms in total. The van der Waals surface area contributed by atoms with E-state index >= 15 is 0 Å². The Morgan fingerprint density at radius 1 is 1.17 bits per heavy atom. The zero-order chi connectivity index (χ0) is 20.6. The summed E-state index contributed by atoms with van der Waals surface area (Å²) >= 11 is 1.86. The molecule has 5 heteroatoms. The number of ether oxygens (including phenoxy) is 1. The van der Waals surface area contributed by atoms with Crippen LogP contribution in [0.1, 0.15) is 37.5 Å². The van der Waals surface area contributed by atoms with Crippen molar-refractivity contribution in [1.29, 1.82) is 5.26 Å². The van der Waals surface area contributed by atoms with Crippen molar-refractivity contribution in [2.24, 2.45) is 0 Å². The van der Waals surface area contributed by atoms with Gasteiger partial charge in [-0.15, -0.1) is 11.8 Å². The summed E-state index contributed by atoms with van der Waals surface area (Å²) in [6.07, 6.45) is 1.10. The van der Waals surface area contributed by atoms with Gasteiger partial charge in [0, 0.05) is 35.7 Å². The number of hydrogen-bond donors (Lipinski definition) is 2. The van der Waals surface area contributed by atoms with Crippen molar-refractivity contribution in [2.75, 3.05) is 25.6 Å². The first-order chi connectivity index (χ1) is 14.3. The van der Waals surface area contributed by atoms with Gasteiger partial charge in [0.2, 0.25) is 0 Å². The summed E-state index contributed by atoms with van der Waals surface area (Å²) < 4.78 is 5.97. The van der Waals surface area contributed by atoms with Gasteiger partial charge in [-0.2, -0.15) is 5.26 Å². The molecule has 0 bridgehead atoms. The molecule has 152 valence electrons. The predicted octanol–water partition coefficient (Wildman–Crippen LogP) is 4.76. The molecule has 0 aromatic heterocycles. The van der Waals surface area contributed by atoms with Crippen LogP contribution in [0.5, 0.6) is 0 Å². The lowest BCUT2D eigenvalue weighted by molar-refractivity contribution is 0.0292. The van der Waals surface area contributed by atoms with E-state index in [9.17, 15) is 0 Å². The molecule has 1 unspecified atom stereocenters. The largest absolute Gasteiger partial charge is 0.378 e. The number of rotatable bonds is 4. The summed E-state index contributed by atoms with van der Waals surface area (Å²) in [6, 6.07) is 16.6. The smallest absolute Gasteiger partial charge is 0.0991 e. The molecule has 2 aromatic rings. The second-order valence-electron chi connectivity index (χ2n) is 6.85. The van der Waals surface area contributed by atoms with Gasteiger partial charge in [-0.25, -0.2) is 0 Å². The number of thioether (sulfide) groups is 1. The number of allylic oxidation sites excluding steroid dienone is 1. The molecule has 2 heterocycles. The molecule has 2 aliphatic heterocycles. The summed E-state index contributed by atoms with van der Waals surface area (Å²) in [4.78, 5) is 1.31. The summed E-state index contributed by atoms with van der Waals surface area (Å²) in [5.74, 6) is 0.907. The second kappa shape index (κ2) is 10.5. The maximum atomic E-state index is 9.10. The molecule has 29 heavy (non-hydrogen) atoms. The van der Waals surface area contributed by atoms with Gasteiger partial charge in [0.1, 0.15) is 0 Å². The van der Waals surface area contributed by atoms with Crippen molar-refractivity contribution in [3.63, 3.8) is 0 Å². The SMILES string of the molecule is CC.CC1=C(c2c(CC3CNCCO3)cccc2-c2ccc(C#N)cc2)SCN1. The average Bonchev–Trinajstić information content (AvgIpc) is 3.21. The van der Waals surface area contributed by atoms with Gasteiger partial charge in [0.05, 0.1) is 30.2 Å². The summed E-state index contributed by atoms with van der Waals surface area (Å²) in [6.45, 7) is 8.74. The van der Waals surface area contributed by atoms with E-state index in [0.717, 1.165) is 37.6 Å². The Balaban J connectivity index is 0.00000117. The summed E-state index contributed by atoms with van der Waals surface area (Å²) in [5.41, 5.74) is 6.88. The number of nitriles is 1. The molecule has 2 N–H and O–H groups in total. The summed E-state index contributed by atoms with van der Waals surface area (Å²) in [7, 11) is 0. The fraction of sp³-hybridized carbons (Fsp3) is 0.375. The topological polar surface area (TPSA) is 57.1 Å². The van der Waals surface area contributed by atoms with Crippen LogP contribution in [0.2, 0.25) is 0 Å². The Hall–Kier alpha value is -2.26. The van der Waals surface area contributed by atoms with Gasteiger partial charge in [0.15, 0.2) is 0 Å². The monoisotopic (exact) mass is 407 g/mol. The van der Waals surface area contributed by atoms with Crippen molar-refractivity contribution in [1.82, 2.24) is 10.6 Å². The lowest BCUT2D eigenvalue weighted by atomic mass is 9.91. The number of benzene rings is 2. The van der Waals surface area contributed by atoms with Gasteiger partial charge in [-0.1, -0.05) is 44.2 Å². The highest BCUT2D eigenvalue weighted by Crippen LogP contribution is 2.41. The van der Waals surface area contributed by atoms with E-state index in [1.165, 1.54) is 27.3 Å². The first kappa shape index (κ1) is 21.4. The van der Waals surface area contributed by atoms with Crippen molar-refractivity contribution < 1.29 is 4.74 Å². The number of hydrogen-bond acceptors (Lipinski definition) is 5. The van der Waals surface area contributed by atoms with Crippen molar-refractivity contribution in [3.05, 3.63) is 64.9 Å². The molecule has 0 amide bonds. The van der Waals surface area contributed by atoms with E-state index in [1.54, 1.807) is 0 Å². The number of nitrogens with one attached hydrogen (secondary N) is 2. The molecule has 1 saturated heterocycles. The van der Waals surface area contributed by atoms with Crippen LogP contribution in [0.3, 0.4) is 0 Å². The molecule has 1 atom stereocenters. The van der Waals surface area contributed by atoms with Crippen molar-refractivity contribution >= 4 is 16.7 Å². The lowest BCUT2D eigenvalue weighted by Crippen LogP contribution is -2.39. The fourth-order valence-corrected chi connectivity index (χ4v) is 4.77. The van der Waals surface area contributed by atoms with E-state index in [2.05, 4.69) is 41.8 Å². The zero-order valence-corrected chi connectivity index (χ0v) is 18.2. The highest BCUT2D eigenvalue weighted by Gasteiger charge is 2.23. The Kier molecular flexibility index (Phi) is 7.76. The van der Waals surface area contributed by atoms with Gasteiger partial charge in [0.25, 0.3) is 0 Å². The predicted molar refractivity (Wildman–Crippen MR) is 122 cm³/mol. The van der Waals surface area contributed by atoms with E-state index in [4.69, 9.17) is 10.00 Å². The van der Waals surface area contributed by atoms with E-state index in [1.807, 2.05) is 49.9 Å². The molecule has 0 saturated carbocycles. The quantitative estimate of drug-likeness (QED) is 0.765. The normalized spacial score (nSPS) is 18.5. The third kappa shape index (κ3) is 5.02. The Morgan fingerprint density at radius 3 is 2.59 bits per heavy atom. The Bertz CT molecular complexity index is 893. The van der Waals surface area contributed by atoms with Crippen LogP contribution in [0.15, 0.2) is 48.2 Å². The standard InChI is InChI=1S/C22H23N3OS.C2H6/c1-15-22(27-14-25-15)21-18(11-19-13-24-9-10-26-19)3-2-4-20(21)17-7-5-16(12-23)6-8-17;1-2/h2-8,19,24-25H,9-11,13-14H2,1H3;1-2H3. The lowest BCUT2D eigenvalue weighted by Gasteiger charge is -2.25. The van der Waals surface area contributed by atoms with Crippen molar-refractivity contribution in [3.8, 4) is 17.2 Å². The maximum Gasteiger partial charge on any atom is 0.0991 e. The van der Waals surface area contributed by atoms with Crippen molar-refractivity contribution in [2.45, 2.75) is 33.3 Å². The molecule has 4 rings (SSSR count). The molecule has 0 aliphatic carbocycles. The third-order valence-corrected chi connectivity index (χ3v) is 6.14. The minimum absolute atomic E-state index is 0.203. The first-order valence-corrected chi connectivity index (χ1v) is 11.3. The van der Waals surface area contributed by atoms with Crippen LogP contribution in [-0.4, -0.2) is 31.7 Å². The van der Waals surface area contributed by atoms with E-state index in [-0.39, 0.29) is 6.10 Å². The van der Waals surface area contributed by atoms with Crippen LogP contribution in [-0.2, 0) is 11.2 Å². The molecule has 2 aliphatic rings. The fourth-order valence-electron chi connectivity index (χ4n) is 3.66. The third-order valence-electron chi connectivity index (χ3n) is 5.05. The molecule has 2 aromatic carbocycles. The number of morpholine rings is 1. The average molecular weight is 408 g/mol. The van der Waals surface area contributed by atoms with Gasteiger partial charge in [-0.05, 0) is 35.7 Å².